The minimum Gasteiger partial charge on any atom is -0.395 e. The zero-order valence-electron chi connectivity index (χ0n) is 13.9. The summed E-state index contributed by atoms with van der Waals surface area (Å²) < 4.78 is 91.6. The first-order valence-corrected chi connectivity index (χ1v) is 10.5. The average Bonchev–Trinajstić information content (AvgIpc) is 2.60. The largest absolute Gasteiger partial charge is 0.417 e. The van der Waals surface area contributed by atoms with Gasteiger partial charge in [0.05, 0.1) is 26.9 Å². The van der Waals surface area contributed by atoms with E-state index in [1.165, 1.54) is 31.2 Å². The molecule has 0 unspecified atom stereocenters. The van der Waals surface area contributed by atoms with E-state index in [2.05, 4.69) is 0 Å². The maximum Gasteiger partial charge on any atom is 0.417 e. The molecule has 1 atom stereocenters. The summed E-state index contributed by atoms with van der Waals surface area (Å²) in [4.78, 5) is -2.02. The van der Waals surface area contributed by atoms with Crippen molar-refractivity contribution in [2.45, 2.75) is 33.8 Å². The fraction of sp³-hybridized carbons (Fsp3) is 0.250. The highest BCUT2D eigenvalue weighted by Gasteiger charge is 2.38. The molecule has 11 heteroatoms. The number of hydrogen-bond acceptors (Lipinski definition) is 5. The molecule has 0 fully saturated rings. The molecule has 6 nitrogen and oxygen atoms in total. The van der Waals surface area contributed by atoms with E-state index in [-0.39, 0.29) is 4.90 Å². The average molecular weight is 423 g/mol. The van der Waals surface area contributed by atoms with E-state index < -0.39 is 54.0 Å². The van der Waals surface area contributed by atoms with Crippen LogP contribution >= 0.6 is 0 Å². The summed E-state index contributed by atoms with van der Waals surface area (Å²) >= 11 is 0. The molecule has 0 aromatic heterocycles. The molecule has 0 heterocycles. The van der Waals surface area contributed by atoms with Crippen LogP contribution in [0.3, 0.4) is 0 Å². The molecule has 0 saturated carbocycles. The Morgan fingerprint density at radius 3 is 2.11 bits per heavy atom. The summed E-state index contributed by atoms with van der Waals surface area (Å²) in [6.07, 6.45) is -5.03. The van der Waals surface area contributed by atoms with Crippen molar-refractivity contribution in [3.8, 4) is 0 Å². The van der Waals surface area contributed by atoms with Gasteiger partial charge in [-0.25, -0.2) is 21.6 Å². The van der Waals surface area contributed by atoms with Crippen molar-refractivity contribution in [2.75, 3.05) is 6.61 Å². The minimum atomic E-state index is -5.03. The summed E-state index contributed by atoms with van der Waals surface area (Å²) in [5.41, 5.74) is -1.51. The molecule has 2 N–H and O–H groups in total. The van der Waals surface area contributed by atoms with Gasteiger partial charge in [-0.2, -0.15) is 13.2 Å². The number of aliphatic hydroxyl groups is 1. The van der Waals surface area contributed by atoms with E-state index in [1.807, 2.05) is 4.72 Å². The molecular formula is C16H16F3NO5S2. The number of benzene rings is 2. The quantitative estimate of drug-likeness (QED) is 0.742. The van der Waals surface area contributed by atoms with Crippen molar-refractivity contribution < 1.29 is 35.1 Å². The third-order valence-electron chi connectivity index (χ3n) is 3.54. The Morgan fingerprint density at radius 2 is 1.59 bits per heavy atom. The number of sulfonamides is 1. The van der Waals surface area contributed by atoms with Crippen molar-refractivity contribution in [3.05, 3.63) is 54.1 Å². The molecule has 0 aliphatic rings. The van der Waals surface area contributed by atoms with Crippen LogP contribution in [-0.2, 0) is 26.0 Å². The number of halogens is 3. The van der Waals surface area contributed by atoms with E-state index in [1.54, 1.807) is 6.07 Å². The topological polar surface area (TPSA) is 101 Å². The van der Waals surface area contributed by atoms with Crippen LogP contribution < -0.4 is 4.72 Å². The van der Waals surface area contributed by atoms with Gasteiger partial charge in [0.1, 0.15) is 0 Å². The van der Waals surface area contributed by atoms with E-state index in [4.69, 9.17) is 5.11 Å². The lowest BCUT2D eigenvalue weighted by Gasteiger charge is -2.17. The van der Waals surface area contributed by atoms with Gasteiger partial charge in [-0.15, -0.1) is 0 Å². The lowest BCUT2D eigenvalue weighted by Crippen LogP contribution is -2.36. The van der Waals surface area contributed by atoms with Crippen molar-refractivity contribution in [3.63, 3.8) is 0 Å². The third-order valence-corrected chi connectivity index (χ3v) is 6.94. The Hall–Kier alpha value is -1.95. The summed E-state index contributed by atoms with van der Waals surface area (Å²) in [5, 5.41) is 8.96. The Kier molecular flexibility index (Phi) is 6.00. The summed E-state index contributed by atoms with van der Waals surface area (Å²) in [6.45, 7) is 0.595. The van der Waals surface area contributed by atoms with Crippen LogP contribution in [0.2, 0.25) is 0 Å². The van der Waals surface area contributed by atoms with E-state index in [9.17, 15) is 30.0 Å². The maximum atomic E-state index is 13.3. The van der Waals surface area contributed by atoms with E-state index in [0.717, 1.165) is 0 Å². The first-order valence-electron chi connectivity index (χ1n) is 7.54. The van der Waals surface area contributed by atoms with Crippen LogP contribution in [-0.4, -0.2) is 34.6 Å². The van der Waals surface area contributed by atoms with Crippen molar-refractivity contribution in [1.82, 2.24) is 4.72 Å². The van der Waals surface area contributed by atoms with E-state index in [0.29, 0.717) is 18.2 Å². The van der Waals surface area contributed by atoms with Crippen molar-refractivity contribution >= 4 is 19.9 Å². The zero-order valence-corrected chi connectivity index (χ0v) is 15.6. The molecule has 0 radical (unpaired) electrons. The number of aliphatic hydroxyl groups excluding tert-OH is 1. The SMILES string of the molecule is C[C@H](CO)NS(=O)(=O)c1cc(S(=O)(=O)c2ccccc2)ccc1C(F)(F)F. The molecule has 2 aromatic rings. The smallest absolute Gasteiger partial charge is 0.395 e. The van der Waals surface area contributed by atoms with Gasteiger partial charge >= 0.3 is 6.18 Å². The fourth-order valence-corrected chi connectivity index (χ4v) is 5.10. The monoisotopic (exact) mass is 423 g/mol. The second kappa shape index (κ2) is 7.58. The predicted molar refractivity (Wildman–Crippen MR) is 90.2 cm³/mol. The summed E-state index contributed by atoms with van der Waals surface area (Å²) in [7, 11) is -8.97. The standard InChI is InChI=1S/C16H16F3NO5S2/c1-11(10-21)20-27(24,25)15-9-13(7-8-14(15)16(17,18)19)26(22,23)12-5-3-2-4-6-12/h2-9,11,20-21H,10H2,1H3/t11-/m1/s1. The molecule has 0 aliphatic carbocycles. The predicted octanol–water partition coefficient (Wildman–Crippen LogP) is 2.20. The van der Waals surface area contributed by atoms with Crippen LogP contribution in [0.4, 0.5) is 13.2 Å². The van der Waals surface area contributed by atoms with Crippen LogP contribution in [0, 0.1) is 0 Å². The number of nitrogens with one attached hydrogen (secondary N) is 1. The molecule has 148 valence electrons. The van der Waals surface area contributed by atoms with Gasteiger partial charge in [0, 0.05) is 6.04 Å². The van der Waals surface area contributed by atoms with Crippen LogP contribution in [0.15, 0.2) is 63.2 Å². The molecular weight excluding hydrogens is 407 g/mol. The van der Waals surface area contributed by atoms with Crippen LogP contribution in [0.1, 0.15) is 12.5 Å². The van der Waals surface area contributed by atoms with Crippen LogP contribution in [0.25, 0.3) is 0 Å². The molecule has 27 heavy (non-hydrogen) atoms. The molecule has 0 bridgehead atoms. The number of hydrogen-bond donors (Lipinski definition) is 2. The normalized spacial score (nSPS) is 14.1. The Balaban J connectivity index is 2.69. The number of rotatable bonds is 6. The molecule has 0 spiro atoms. The summed E-state index contributed by atoms with van der Waals surface area (Å²) in [6, 6.07) is 7.43. The van der Waals surface area contributed by atoms with Crippen molar-refractivity contribution in [2.24, 2.45) is 0 Å². The first-order chi connectivity index (χ1) is 12.4. The van der Waals surface area contributed by atoms with Gasteiger partial charge in [-0.05, 0) is 37.3 Å². The lowest BCUT2D eigenvalue weighted by molar-refractivity contribution is -0.139. The maximum absolute atomic E-state index is 13.3. The van der Waals surface area contributed by atoms with Gasteiger partial charge in [0.25, 0.3) is 0 Å². The molecule has 2 aromatic carbocycles. The Morgan fingerprint density at radius 1 is 1.00 bits per heavy atom. The highest BCUT2D eigenvalue weighted by Crippen LogP contribution is 2.36. The van der Waals surface area contributed by atoms with Gasteiger partial charge < -0.3 is 5.11 Å². The molecule has 2 rings (SSSR count). The van der Waals surface area contributed by atoms with Crippen molar-refractivity contribution in [1.29, 1.82) is 0 Å². The second-order valence-corrected chi connectivity index (χ2v) is 9.31. The molecule has 0 amide bonds. The van der Waals surface area contributed by atoms with Gasteiger partial charge in [-0.1, -0.05) is 18.2 Å². The third kappa shape index (κ3) is 4.67. The Bertz CT molecular complexity index is 1020. The fourth-order valence-electron chi connectivity index (χ4n) is 2.23. The Labute approximate surface area is 154 Å². The minimum absolute atomic E-state index is 0.190. The van der Waals surface area contributed by atoms with Gasteiger partial charge in [0.15, 0.2) is 0 Å². The first kappa shape index (κ1) is 21.4. The second-order valence-electron chi connectivity index (χ2n) is 5.68. The van der Waals surface area contributed by atoms with Gasteiger partial charge in [0.2, 0.25) is 19.9 Å². The molecule has 0 saturated heterocycles. The highest BCUT2D eigenvalue weighted by molar-refractivity contribution is 7.91. The van der Waals surface area contributed by atoms with E-state index >= 15 is 0 Å². The highest BCUT2D eigenvalue weighted by atomic mass is 32.2. The van der Waals surface area contributed by atoms with Gasteiger partial charge in [-0.3, -0.25) is 0 Å². The molecule has 0 aliphatic heterocycles. The van der Waals surface area contributed by atoms with Crippen LogP contribution in [0.5, 0.6) is 0 Å². The lowest BCUT2D eigenvalue weighted by atomic mass is 10.2. The zero-order chi connectivity index (χ0) is 20.5. The summed E-state index contributed by atoms with van der Waals surface area (Å²) in [5.74, 6) is 0. The number of alkyl halides is 3. The number of sulfone groups is 1.